The lowest BCUT2D eigenvalue weighted by molar-refractivity contribution is -0.140. The number of anilines is 1. The molecule has 0 saturated carbocycles. The second-order valence-electron chi connectivity index (χ2n) is 8.35. The number of benzene rings is 3. The van der Waals surface area contributed by atoms with E-state index in [-0.39, 0.29) is 18.9 Å². The molecule has 3 aromatic rings. The van der Waals surface area contributed by atoms with Crippen molar-refractivity contribution >= 4 is 39.1 Å². The number of hydrogen-bond donors (Lipinski definition) is 1. The molecule has 0 aliphatic rings. The topological polar surface area (TPSA) is 86.8 Å². The highest BCUT2D eigenvalue weighted by Crippen LogP contribution is 2.20. The van der Waals surface area contributed by atoms with Gasteiger partial charge in [0.2, 0.25) is 21.8 Å². The highest BCUT2D eigenvalue weighted by molar-refractivity contribution is 7.92. The predicted molar refractivity (Wildman–Crippen MR) is 143 cm³/mol. The molecule has 7 nitrogen and oxygen atoms in total. The summed E-state index contributed by atoms with van der Waals surface area (Å²) in [5.74, 6) is -0.805. The third kappa shape index (κ3) is 7.57. The molecule has 0 radical (unpaired) electrons. The van der Waals surface area contributed by atoms with Crippen LogP contribution >= 0.6 is 11.6 Å². The summed E-state index contributed by atoms with van der Waals surface area (Å²) in [6.45, 7) is 1.87. The van der Waals surface area contributed by atoms with Gasteiger partial charge in [0.15, 0.2) is 0 Å². The molecule has 3 rings (SSSR count). The predicted octanol–water partition coefficient (Wildman–Crippen LogP) is 3.88. The number of nitrogens with one attached hydrogen (secondary N) is 1. The number of hydrogen-bond acceptors (Lipinski definition) is 4. The molecule has 0 aliphatic carbocycles. The molecule has 2 amide bonds. The van der Waals surface area contributed by atoms with E-state index >= 15 is 0 Å². The molecule has 0 saturated heterocycles. The van der Waals surface area contributed by atoms with Crippen molar-refractivity contribution in [3.8, 4) is 0 Å². The van der Waals surface area contributed by atoms with Gasteiger partial charge in [-0.3, -0.25) is 13.9 Å². The zero-order valence-corrected chi connectivity index (χ0v) is 21.9. The summed E-state index contributed by atoms with van der Waals surface area (Å²) in [6, 6.07) is 24.0. The summed E-state index contributed by atoms with van der Waals surface area (Å²) in [5.41, 5.74) is 2.02. The first-order valence-electron chi connectivity index (χ1n) is 11.6. The Morgan fingerprint density at radius 1 is 0.889 bits per heavy atom. The lowest BCUT2D eigenvalue weighted by Crippen LogP contribution is -2.53. The highest BCUT2D eigenvalue weighted by Gasteiger charge is 2.32. The zero-order valence-electron chi connectivity index (χ0n) is 20.3. The number of sulfonamides is 1. The van der Waals surface area contributed by atoms with Crippen LogP contribution in [0.4, 0.5) is 5.69 Å². The Morgan fingerprint density at radius 3 is 2.03 bits per heavy atom. The molecule has 9 heteroatoms. The minimum Gasteiger partial charge on any atom is -0.355 e. The maximum atomic E-state index is 13.8. The largest absolute Gasteiger partial charge is 0.355 e. The fraction of sp³-hybridized carbons (Fsp3) is 0.259. The zero-order chi connectivity index (χ0) is 26.1. The van der Waals surface area contributed by atoms with Crippen LogP contribution in [0, 0.1) is 0 Å². The fourth-order valence-electron chi connectivity index (χ4n) is 3.84. The lowest BCUT2D eigenvalue weighted by atomic mass is 10.0. The van der Waals surface area contributed by atoms with Crippen LogP contribution in [-0.2, 0) is 32.6 Å². The monoisotopic (exact) mass is 527 g/mol. The number of amides is 2. The maximum absolute atomic E-state index is 13.8. The molecular weight excluding hydrogens is 498 g/mol. The highest BCUT2D eigenvalue weighted by atomic mass is 35.5. The van der Waals surface area contributed by atoms with Crippen LogP contribution in [0.1, 0.15) is 18.1 Å². The Balaban J connectivity index is 2.01. The SMILES string of the molecule is CCNC(=O)C(Cc1ccccc1)N(Cc1ccc(Cl)cc1)C(=O)CN(c1ccccc1)S(C)(=O)=O. The summed E-state index contributed by atoms with van der Waals surface area (Å²) < 4.78 is 26.3. The first-order valence-corrected chi connectivity index (χ1v) is 13.8. The Hall–Kier alpha value is -3.36. The van der Waals surface area contributed by atoms with Crippen molar-refractivity contribution in [1.82, 2.24) is 10.2 Å². The van der Waals surface area contributed by atoms with Crippen LogP contribution in [0.25, 0.3) is 0 Å². The van der Waals surface area contributed by atoms with Crippen LogP contribution in [0.5, 0.6) is 0 Å². The number of nitrogens with zero attached hydrogens (tertiary/aromatic N) is 2. The number of carbonyl (C=O) groups is 2. The van der Waals surface area contributed by atoms with Gasteiger partial charge in [-0.2, -0.15) is 0 Å². The van der Waals surface area contributed by atoms with Crippen LogP contribution in [0.3, 0.4) is 0 Å². The van der Waals surface area contributed by atoms with Crippen molar-refractivity contribution in [2.75, 3.05) is 23.7 Å². The van der Waals surface area contributed by atoms with E-state index < -0.39 is 28.5 Å². The normalized spacial score (nSPS) is 12.0. The molecule has 0 spiro atoms. The number of halogens is 1. The maximum Gasteiger partial charge on any atom is 0.244 e. The van der Waals surface area contributed by atoms with Crippen molar-refractivity contribution in [3.63, 3.8) is 0 Å². The number of likely N-dealkylation sites (N-methyl/N-ethyl adjacent to an activating group) is 1. The van der Waals surface area contributed by atoms with Gasteiger partial charge in [-0.05, 0) is 42.3 Å². The minimum absolute atomic E-state index is 0.108. The molecule has 36 heavy (non-hydrogen) atoms. The van der Waals surface area contributed by atoms with Crippen LogP contribution in [-0.4, -0.2) is 50.5 Å². The van der Waals surface area contributed by atoms with E-state index in [1.165, 1.54) is 4.90 Å². The Morgan fingerprint density at radius 2 is 1.47 bits per heavy atom. The molecule has 1 unspecified atom stereocenters. The van der Waals surface area contributed by atoms with E-state index in [1.807, 2.05) is 37.3 Å². The van der Waals surface area contributed by atoms with E-state index in [2.05, 4.69) is 5.32 Å². The first kappa shape index (κ1) is 27.2. The van der Waals surface area contributed by atoms with Crippen molar-refractivity contribution in [2.24, 2.45) is 0 Å². The van der Waals surface area contributed by atoms with E-state index in [1.54, 1.807) is 54.6 Å². The third-order valence-electron chi connectivity index (χ3n) is 5.61. The lowest BCUT2D eigenvalue weighted by Gasteiger charge is -2.33. The van der Waals surface area contributed by atoms with Crippen LogP contribution < -0.4 is 9.62 Å². The Labute approximate surface area is 217 Å². The average molecular weight is 528 g/mol. The van der Waals surface area contributed by atoms with E-state index in [0.29, 0.717) is 17.3 Å². The van der Waals surface area contributed by atoms with Gasteiger partial charge in [0.1, 0.15) is 12.6 Å². The number of carbonyl (C=O) groups excluding carboxylic acids is 2. The van der Waals surface area contributed by atoms with Crippen molar-refractivity contribution in [1.29, 1.82) is 0 Å². The van der Waals surface area contributed by atoms with E-state index in [9.17, 15) is 18.0 Å². The van der Waals surface area contributed by atoms with Crippen molar-refractivity contribution in [3.05, 3.63) is 101 Å². The Kier molecular flexibility index (Phi) is 9.50. The average Bonchev–Trinajstić information content (AvgIpc) is 2.86. The van der Waals surface area contributed by atoms with Crippen LogP contribution in [0.2, 0.25) is 5.02 Å². The molecule has 1 atom stereocenters. The quantitative estimate of drug-likeness (QED) is 0.410. The van der Waals surface area contributed by atoms with Gasteiger partial charge in [0.25, 0.3) is 0 Å². The summed E-state index contributed by atoms with van der Waals surface area (Å²) >= 11 is 6.04. The second kappa shape index (κ2) is 12.6. The number of rotatable bonds is 11. The van der Waals surface area contributed by atoms with Crippen molar-refractivity contribution in [2.45, 2.75) is 25.9 Å². The molecule has 190 valence electrons. The second-order valence-corrected chi connectivity index (χ2v) is 10.7. The van der Waals surface area contributed by atoms with Gasteiger partial charge in [-0.15, -0.1) is 0 Å². The van der Waals surface area contributed by atoms with Crippen LogP contribution in [0.15, 0.2) is 84.9 Å². The molecule has 0 aliphatic heterocycles. The number of para-hydroxylation sites is 1. The summed E-state index contributed by atoms with van der Waals surface area (Å²) in [7, 11) is -3.77. The minimum atomic E-state index is -3.77. The standard InChI is InChI=1S/C27H30ClN3O4S/c1-3-29-27(33)25(18-21-10-6-4-7-11-21)30(19-22-14-16-23(28)17-15-22)26(32)20-31(36(2,34)35)24-12-8-5-9-13-24/h4-17,25H,3,18-20H2,1-2H3,(H,29,33). The molecule has 0 fully saturated rings. The molecule has 0 bridgehead atoms. The summed E-state index contributed by atoms with van der Waals surface area (Å²) in [4.78, 5) is 28.5. The van der Waals surface area contributed by atoms with Gasteiger partial charge in [-0.25, -0.2) is 8.42 Å². The van der Waals surface area contributed by atoms with Gasteiger partial charge in [-0.1, -0.05) is 72.3 Å². The molecule has 0 aromatic heterocycles. The van der Waals surface area contributed by atoms with E-state index in [0.717, 1.165) is 21.7 Å². The van der Waals surface area contributed by atoms with E-state index in [4.69, 9.17) is 11.6 Å². The molecular formula is C27H30ClN3O4S. The van der Waals surface area contributed by atoms with Crippen molar-refractivity contribution < 1.29 is 18.0 Å². The first-order chi connectivity index (χ1) is 17.2. The molecule has 3 aromatic carbocycles. The fourth-order valence-corrected chi connectivity index (χ4v) is 4.82. The summed E-state index contributed by atoms with van der Waals surface area (Å²) in [5, 5.41) is 3.38. The molecule has 0 heterocycles. The Bertz CT molecular complexity index is 1250. The summed E-state index contributed by atoms with van der Waals surface area (Å²) in [6.07, 6.45) is 1.33. The molecule has 1 N–H and O–H groups in total. The van der Waals surface area contributed by atoms with Gasteiger partial charge in [0.05, 0.1) is 11.9 Å². The smallest absolute Gasteiger partial charge is 0.244 e. The third-order valence-corrected chi connectivity index (χ3v) is 7.00. The van der Waals surface area contributed by atoms with Gasteiger partial charge >= 0.3 is 0 Å². The van der Waals surface area contributed by atoms with Gasteiger partial charge < -0.3 is 10.2 Å². The van der Waals surface area contributed by atoms with Gasteiger partial charge in [0, 0.05) is 24.5 Å².